The molecule has 0 aliphatic heterocycles. The van der Waals surface area contributed by atoms with Crippen molar-refractivity contribution in [1.29, 1.82) is 0 Å². The maximum atomic E-state index is 2.51. The molecule has 3 aromatic heterocycles. The first-order chi connectivity index (χ1) is 32.5. The molecule has 0 N–H and O–H groups in total. The molecule has 66 heavy (non-hydrogen) atoms. The Hall–Kier alpha value is -8.40. The zero-order valence-corrected chi connectivity index (χ0v) is 36.7. The summed E-state index contributed by atoms with van der Waals surface area (Å²) in [6.07, 6.45) is 0. The molecule has 14 rings (SSSR count). The van der Waals surface area contributed by atoms with Crippen molar-refractivity contribution in [2.24, 2.45) is 0 Å². The predicted molar refractivity (Wildman–Crippen MR) is 278 cm³/mol. The molecule has 13 aromatic rings. The van der Waals surface area contributed by atoms with E-state index in [-0.39, 0.29) is 5.41 Å². The smallest absolute Gasteiger partial charge is 0.0789 e. The predicted octanol–water partition coefficient (Wildman–Crippen LogP) is 17.0. The highest BCUT2D eigenvalue weighted by molar-refractivity contribution is 6.25. The molecule has 3 heteroatoms. The topological polar surface area (TPSA) is 12.1 Å². The molecule has 0 unspecified atom stereocenters. The van der Waals surface area contributed by atoms with Crippen LogP contribution in [0.15, 0.2) is 224 Å². The maximum absolute atomic E-state index is 2.51. The van der Waals surface area contributed by atoms with Crippen molar-refractivity contribution in [2.75, 3.05) is 4.90 Å². The molecule has 3 heterocycles. The fourth-order valence-corrected chi connectivity index (χ4v) is 11.5. The number of rotatable bonds is 6. The number of fused-ring (bicyclic) bond motifs is 12. The summed E-state index contributed by atoms with van der Waals surface area (Å²) in [7, 11) is 0. The van der Waals surface area contributed by atoms with Gasteiger partial charge in [0.05, 0.1) is 33.1 Å². The van der Waals surface area contributed by atoms with Crippen LogP contribution in [0.4, 0.5) is 17.1 Å². The van der Waals surface area contributed by atoms with Crippen molar-refractivity contribution in [3.05, 3.63) is 236 Å². The van der Waals surface area contributed by atoms with Crippen LogP contribution in [-0.4, -0.2) is 8.80 Å². The monoisotopic (exact) mass is 841 g/mol. The summed E-state index contributed by atoms with van der Waals surface area (Å²) in [6.45, 7) is 4.72. The van der Waals surface area contributed by atoms with Gasteiger partial charge in [0, 0.05) is 44.0 Å². The number of aromatic nitrogens is 2. The Morgan fingerprint density at radius 3 is 1.44 bits per heavy atom. The van der Waals surface area contributed by atoms with E-state index in [2.05, 4.69) is 252 Å². The maximum Gasteiger partial charge on any atom is 0.0789 e. The third kappa shape index (κ3) is 5.26. The molecule has 1 aliphatic carbocycles. The minimum absolute atomic E-state index is 0.118. The third-order valence-corrected chi connectivity index (χ3v) is 14.6. The Bertz CT molecular complexity index is 4060. The lowest BCUT2D eigenvalue weighted by Crippen LogP contribution is -2.16. The Labute approximate surface area is 383 Å². The van der Waals surface area contributed by atoms with Crippen LogP contribution in [0, 0.1) is 0 Å². The van der Waals surface area contributed by atoms with E-state index in [0.29, 0.717) is 0 Å². The molecule has 0 saturated heterocycles. The molecular formula is C63H43N3. The van der Waals surface area contributed by atoms with Gasteiger partial charge in [-0.1, -0.05) is 172 Å². The van der Waals surface area contributed by atoms with E-state index in [9.17, 15) is 0 Å². The summed E-state index contributed by atoms with van der Waals surface area (Å²) >= 11 is 0. The fraction of sp³-hybridized carbons (Fsp3) is 0.0476. The lowest BCUT2D eigenvalue weighted by molar-refractivity contribution is 0.660. The second-order valence-corrected chi connectivity index (χ2v) is 18.5. The van der Waals surface area contributed by atoms with Crippen LogP contribution in [0.1, 0.15) is 25.0 Å². The SMILES string of the molecule is CC1(C)c2ccccc2-c2ccc(N(c3ccc(-c4cccc(-c5ccccc5)c4)cc3)c3ccc(-c4ccc5c(c4)n4c6ccccc6c6ccc7c8ccccc8n5c7c64)cc3)cc21. The van der Waals surface area contributed by atoms with Crippen LogP contribution < -0.4 is 4.90 Å². The first-order valence-corrected chi connectivity index (χ1v) is 23.0. The van der Waals surface area contributed by atoms with Gasteiger partial charge in [0.1, 0.15) is 0 Å². The summed E-state index contributed by atoms with van der Waals surface area (Å²) in [5.74, 6) is 0. The Morgan fingerprint density at radius 1 is 0.303 bits per heavy atom. The first-order valence-electron chi connectivity index (χ1n) is 23.0. The average Bonchev–Trinajstić information content (AvgIpc) is 3.98. The van der Waals surface area contributed by atoms with Crippen molar-refractivity contribution in [3.8, 4) is 44.5 Å². The molecule has 0 amide bonds. The Balaban J connectivity index is 0.906. The van der Waals surface area contributed by atoms with Crippen LogP contribution in [0.2, 0.25) is 0 Å². The molecule has 3 nitrogen and oxygen atoms in total. The summed E-state index contributed by atoms with van der Waals surface area (Å²) in [4.78, 5) is 2.42. The van der Waals surface area contributed by atoms with Gasteiger partial charge in [0.2, 0.25) is 0 Å². The van der Waals surface area contributed by atoms with Crippen molar-refractivity contribution < 1.29 is 0 Å². The first kappa shape index (κ1) is 37.0. The van der Waals surface area contributed by atoms with Gasteiger partial charge in [-0.25, -0.2) is 0 Å². The van der Waals surface area contributed by atoms with Crippen molar-refractivity contribution >= 4 is 71.7 Å². The van der Waals surface area contributed by atoms with Crippen LogP contribution in [0.3, 0.4) is 0 Å². The average molecular weight is 842 g/mol. The largest absolute Gasteiger partial charge is 0.310 e. The fourth-order valence-electron chi connectivity index (χ4n) is 11.5. The zero-order chi connectivity index (χ0) is 43.7. The van der Waals surface area contributed by atoms with Gasteiger partial charge in [-0.15, -0.1) is 0 Å². The molecule has 0 spiro atoms. The van der Waals surface area contributed by atoms with Crippen molar-refractivity contribution in [3.63, 3.8) is 0 Å². The van der Waals surface area contributed by atoms with Gasteiger partial charge in [0.15, 0.2) is 0 Å². The van der Waals surface area contributed by atoms with Gasteiger partial charge >= 0.3 is 0 Å². The molecule has 1 aliphatic rings. The second kappa shape index (κ2) is 13.8. The Morgan fingerprint density at radius 2 is 0.788 bits per heavy atom. The van der Waals surface area contributed by atoms with Crippen LogP contribution in [-0.2, 0) is 5.41 Å². The highest BCUT2D eigenvalue weighted by Crippen LogP contribution is 2.51. The van der Waals surface area contributed by atoms with Crippen molar-refractivity contribution in [2.45, 2.75) is 19.3 Å². The molecule has 10 aromatic carbocycles. The molecule has 0 atom stereocenters. The normalized spacial score (nSPS) is 13.1. The van der Waals surface area contributed by atoms with E-state index in [1.54, 1.807) is 0 Å². The van der Waals surface area contributed by atoms with E-state index in [1.165, 1.54) is 110 Å². The highest BCUT2D eigenvalue weighted by Gasteiger charge is 2.36. The molecule has 310 valence electrons. The third-order valence-electron chi connectivity index (χ3n) is 14.6. The van der Waals surface area contributed by atoms with Gasteiger partial charge in [-0.05, 0) is 122 Å². The lowest BCUT2D eigenvalue weighted by atomic mass is 9.82. The van der Waals surface area contributed by atoms with E-state index in [4.69, 9.17) is 0 Å². The van der Waals surface area contributed by atoms with Gasteiger partial charge in [-0.3, -0.25) is 0 Å². The van der Waals surface area contributed by atoms with Crippen LogP contribution >= 0.6 is 0 Å². The standard InChI is InChI=1S/C63H43N3/c1-63(2)55-20-9-6-17-49(55)50-33-32-48(39-56(50)63)64(46-28-23-41(24-29-46)44-16-12-15-43(37-44)40-13-4-3-5-14-40)47-30-25-42(26-31-47)45-27-36-59-60(38-45)66-58-22-11-8-19-52(58)54-35-34-53-51-18-7-10-21-57(51)65(59)61(53)62(54)66/h3-39H,1-2H3. The van der Waals surface area contributed by atoms with Gasteiger partial charge in [0.25, 0.3) is 0 Å². The number of nitrogens with zero attached hydrogens (tertiary/aromatic N) is 3. The minimum Gasteiger partial charge on any atom is -0.310 e. The van der Waals surface area contributed by atoms with Crippen molar-refractivity contribution in [1.82, 2.24) is 8.80 Å². The molecule has 0 bridgehead atoms. The van der Waals surface area contributed by atoms with Gasteiger partial charge in [-0.2, -0.15) is 0 Å². The quantitative estimate of drug-likeness (QED) is 0.152. The van der Waals surface area contributed by atoms with Gasteiger partial charge < -0.3 is 13.7 Å². The number of para-hydroxylation sites is 2. The number of hydrogen-bond acceptors (Lipinski definition) is 1. The molecule has 0 saturated carbocycles. The zero-order valence-electron chi connectivity index (χ0n) is 36.7. The number of benzene rings is 10. The molecular weight excluding hydrogens is 799 g/mol. The summed E-state index contributed by atoms with van der Waals surface area (Å²) in [5, 5.41) is 5.14. The highest BCUT2D eigenvalue weighted by atomic mass is 15.1. The molecule has 0 radical (unpaired) electrons. The van der Waals surface area contributed by atoms with E-state index >= 15 is 0 Å². The van der Waals surface area contributed by atoms with E-state index < -0.39 is 0 Å². The Kier molecular flexibility index (Phi) is 7.74. The number of anilines is 3. The molecule has 0 fully saturated rings. The summed E-state index contributed by atoms with van der Waals surface area (Å²) < 4.78 is 5.00. The van der Waals surface area contributed by atoms with E-state index in [0.717, 1.165) is 17.1 Å². The van der Waals surface area contributed by atoms with Crippen LogP contribution in [0.25, 0.3) is 99.2 Å². The second-order valence-electron chi connectivity index (χ2n) is 18.5. The van der Waals surface area contributed by atoms with Crippen LogP contribution in [0.5, 0.6) is 0 Å². The van der Waals surface area contributed by atoms with E-state index in [1.807, 2.05) is 0 Å². The summed E-state index contributed by atoms with van der Waals surface area (Å²) in [5.41, 5.74) is 23.2. The minimum atomic E-state index is -0.118. The summed E-state index contributed by atoms with van der Waals surface area (Å²) in [6, 6.07) is 83.1. The number of hydrogen-bond donors (Lipinski definition) is 0. The lowest BCUT2D eigenvalue weighted by Gasteiger charge is -2.28.